The molecule has 4 heteroatoms. The molecule has 0 saturated carbocycles. The number of aliphatic carboxylic acids is 1. The molecule has 1 aliphatic heterocycles. The van der Waals surface area contributed by atoms with E-state index in [0.29, 0.717) is 19.4 Å². The Morgan fingerprint density at radius 2 is 2.17 bits per heavy atom. The van der Waals surface area contributed by atoms with Crippen LogP contribution in [0.1, 0.15) is 45.4 Å². The predicted octanol–water partition coefficient (Wildman–Crippen LogP) is 1.89. The van der Waals surface area contributed by atoms with Crippen LogP contribution in [0, 0.1) is 18.3 Å². The van der Waals surface area contributed by atoms with Gasteiger partial charge in [0.25, 0.3) is 0 Å². The summed E-state index contributed by atoms with van der Waals surface area (Å²) in [5.41, 5.74) is 0. The van der Waals surface area contributed by atoms with Crippen molar-refractivity contribution in [1.29, 1.82) is 0 Å². The number of hydrogen-bond acceptors (Lipinski definition) is 2. The van der Waals surface area contributed by atoms with Crippen molar-refractivity contribution >= 4 is 11.9 Å². The molecule has 1 heterocycles. The normalized spacial score (nSPS) is 23.4. The molecule has 1 fully saturated rings. The van der Waals surface area contributed by atoms with E-state index in [9.17, 15) is 14.7 Å². The van der Waals surface area contributed by atoms with Crippen LogP contribution in [-0.4, -0.2) is 34.5 Å². The van der Waals surface area contributed by atoms with E-state index in [4.69, 9.17) is 6.42 Å². The number of carbonyl (C=O) groups excluding carboxylic acids is 1. The molecule has 1 N–H and O–H groups in total. The van der Waals surface area contributed by atoms with Crippen molar-refractivity contribution in [1.82, 2.24) is 4.90 Å². The first-order valence-electron chi connectivity index (χ1n) is 6.53. The van der Waals surface area contributed by atoms with Crippen molar-refractivity contribution < 1.29 is 14.7 Å². The Balaban J connectivity index is 2.53. The molecule has 4 nitrogen and oxygen atoms in total. The molecule has 0 radical (unpaired) electrons. The van der Waals surface area contributed by atoms with E-state index in [1.165, 1.54) is 4.90 Å². The van der Waals surface area contributed by atoms with Crippen LogP contribution in [0.4, 0.5) is 0 Å². The number of hydrogen-bond donors (Lipinski definition) is 1. The first kappa shape index (κ1) is 14.6. The maximum absolute atomic E-state index is 12.0. The molecule has 18 heavy (non-hydrogen) atoms. The van der Waals surface area contributed by atoms with Gasteiger partial charge in [0, 0.05) is 19.4 Å². The fourth-order valence-corrected chi connectivity index (χ4v) is 2.49. The molecule has 0 bridgehead atoms. The minimum absolute atomic E-state index is 0.0332. The van der Waals surface area contributed by atoms with Gasteiger partial charge in [-0.25, -0.2) is 4.79 Å². The highest BCUT2D eigenvalue weighted by atomic mass is 16.4. The fourth-order valence-electron chi connectivity index (χ4n) is 2.49. The van der Waals surface area contributed by atoms with E-state index in [-0.39, 0.29) is 11.8 Å². The first-order valence-corrected chi connectivity index (χ1v) is 6.53. The molecule has 1 rings (SSSR count). The maximum atomic E-state index is 12.0. The standard InChI is InChI=1S/C14H21NO3/c1-3-4-5-6-9-12(16)15-10-7-8-11(2)13(15)14(17)18/h1,11,13H,4-10H2,2H3,(H,17,18). The molecule has 100 valence electrons. The number of amides is 1. The Bertz CT molecular complexity index is 345. The zero-order valence-electron chi connectivity index (χ0n) is 10.9. The molecule has 0 aromatic carbocycles. The van der Waals surface area contributed by atoms with Crippen LogP contribution in [0.5, 0.6) is 0 Å². The average molecular weight is 251 g/mol. The van der Waals surface area contributed by atoms with Gasteiger partial charge in [0.15, 0.2) is 0 Å². The number of carbonyl (C=O) groups is 2. The molecule has 2 atom stereocenters. The number of carboxylic acids is 1. The van der Waals surface area contributed by atoms with Gasteiger partial charge in [-0.1, -0.05) is 6.92 Å². The van der Waals surface area contributed by atoms with Crippen LogP contribution in [-0.2, 0) is 9.59 Å². The minimum atomic E-state index is -0.890. The largest absolute Gasteiger partial charge is 0.480 e. The minimum Gasteiger partial charge on any atom is -0.480 e. The topological polar surface area (TPSA) is 57.6 Å². The second-order valence-electron chi connectivity index (χ2n) is 4.90. The van der Waals surface area contributed by atoms with E-state index in [2.05, 4.69) is 5.92 Å². The SMILES string of the molecule is C#CCCCCC(=O)N1CCCC(C)C1C(=O)O. The summed E-state index contributed by atoms with van der Waals surface area (Å²) in [5.74, 6) is 1.63. The van der Waals surface area contributed by atoms with Crippen LogP contribution in [0.3, 0.4) is 0 Å². The number of likely N-dealkylation sites (tertiary alicyclic amines) is 1. The summed E-state index contributed by atoms with van der Waals surface area (Å²) < 4.78 is 0. The van der Waals surface area contributed by atoms with Crippen LogP contribution >= 0.6 is 0 Å². The van der Waals surface area contributed by atoms with Crippen molar-refractivity contribution in [3.63, 3.8) is 0 Å². The van der Waals surface area contributed by atoms with Gasteiger partial charge in [0.05, 0.1) is 0 Å². The summed E-state index contributed by atoms with van der Waals surface area (Å²) in [5, 5.41) is 9.22. The molecule has 0 aromatic rings. The first-order chi connectivity index (χ1) is 8.57. The number of rotatable bonds is 5. The Hall–Kier alpha value is -1.50. The van der Waals surface area contributed by atoms with E-state index in [1.54, 1.807) is 0 Å². The zero-order valence-corrected chi connectivity index (χ0v) is 10.9. The van der Waals surface area contributed by atoms with Crippen molar-refractivity contribution in [2.75, 3.05) is 6.54 Å². The number of nitrogens with zero attached hydrogens (tertiary/aromatic N) is 1. The quantitative estimate of drug-likeness (QED) is 0.599. The van der Waals surface area contributed by atoms with Crippen LogP contribution < -0.4 is 0 Å². The third-order valence-corrected chi connectivity index (χ3v) is 3.47. The van der Waals surface area contributed by atoms with Gasteiger partial charge in [-0.3, -0.25) is 4.79 Å². The molecular weight excluding hydrogens is 230 g/mol. The molecular formula is C14H21NO3. The summed E-state index contributed by atoms with van der Waals surface area (Å²) in [6.07, 6.45) is 9.54. The molecule has 0 spiro atoms. The van der Waals surface area contributed by atoms with Crippen molar-refractivity contribution in [2.45, 2.75) is 51.5 Å². The third kappa shape index (κ3) is 3.76. The van der Waals surface area contributed by atoms with Gasteiger partial charge in [-0.05, 0) is 31.6 Å². The molecule has 1 amide bonds. The van der Waals surface area contributed by atoms with Crippen molar-refractivity contribution in [2.24, 2.45) is 5.92 Å². The lowest BCUT2D eigenvalue weighted by Crippen LogP contribution is -2.51. The summed E-state index contributed by atoms with van der Waals surface area (Å²) in [7, 11) is 0. The molecule has 1 aliphatic rings. The van der Waals surface area contributed by atoms with E-state index in [1.807, 2.05) is 6.92 Å². The van der Waals surface area contributed by atoms with E-state index < -0.39 is 12.0 Å². The van der Waals surface area contributed by atoms with Crippen LogP contribution in [0.2, 0.25) is 0 Å². The maximum Gasteiger partial charge on any atom is 0.326 e. The number of carboxylic acid groups (broad SMARTS) is 1. The van der Waals surface area contributed by atoms with Crippen molar-refractivity contribution in [3.05, 3.63) is 0 Å². The van der Waals surface area contributed by atoms with Gasteiger partial charge in [-0.2, -0.15) is 0 Å². The molecule has 0 aromatic heterocycles. The Labute approximate surface area is 108 Å². The smallest absolute Gasteiger partial charge is 0.326 e. The second-order valence-corrected chi connectivity index (χ2v) is 4.90. The van der Waals surface area contributed by atoms with Crippen LogP contribution in [0.25, 0.3) is 0 Å². The third-order valence-electron chi connectivity index (χ3n) is 3.47. The Kier molecular flexibility index (Phi) is 5.70. The summed E-state index contributed by atoms with van der Waals surface area (Å²) in [6.45, 7) is 2.46. The molecule has 0 aliphatic carbocycles. The highest BCUT2D eigenvalue weighted by Crippen LogP contribution is 2.24. The highest BCUT2D eigenvalue weighted by Gasteiger charge is 2.36. The van der Waals surface area contributed by atoms with E-state index in [0.717, 1.165) is 25.7 Å². The van der Waals surface area contributed by atoms with Gasteiger partial charge in [0.2, 0.25) is 5.91 Å². The predicted molar refractivity (Wildman–Crippen MR) is 68.8 cm³/mol. The summed E-state index contributed by atoms with van der Waals surface area (Å²) in [6, 6.07) is -0.654. The Morgan fingerprint density at radius 1 is 1.44 bits per heavy atom. The zero-order chi connectivity index (χ0) is 13.5. The molecule has 1 saturated heterocycles. The highest BCUT2D eigenvalue weighted by molar-refractivity contribution is 5.84. The number of terminal acetylenes is 1. The Morgan fingerprint density at radius 3 is 2.78 bits per heavy atom. The summed E-state index contributed by atoms with van der Waals surface area (Å²) in [4.78, 5) is 24.8. The number of piperidine rings is 1. The lowest BCUT2D eigenvalue weighted by molar-refractivity contribution is -0.154. The van der Waals surface area contributed by atoms with Crippen LogP contribution in [0.15, 0.2) is 0 Å². The molecule has 2 unspecified atom stereocenters. The lowest BCUT2D eigenvalue weighted by atomic mass is 9.90. The van der Waals surface area contributed by atoms with Gasteiger partial charge < -0.3 is 10.0 Å². The van der Waals surface area contributed by atoms with E-state index >= 15 is 0 Å². The van der Waals surface area contributed by atoms with Gasteiger partial charge in [0.1, 0.15) is 6.04 Å². The van der Waals surface area contributed by atoms with Gasteiger partial charge in [-0.15, -0.1) is 12.3 Å². The monoisotopic (exact) mass is 251 g/mol. The second kappa shape index (κ2) is 7.05. The lowest BCUT2D eigenvalue weighted by Gasteiger charge is -2.37. The summed E-state index contributed by atoms with van der Waals surface area (Å²) >= 11 is 0. The fraction of sp³-hybridized carbons (Fsp3) is 0.714. The number of unbranched alkanes of at least 4 members (excludes halogenated alkanes) is 2. The van der Waals surface area contributed by atoms with Gasteiger partial charge >= 0.3 is 5.97 Å². The van der Waals surface area contributed by atoms with Crippen molar-refractivity contribution in [3.8, 4) is 12.3 Å². The average Bonchev–Trinajstić information content (AvgIpc) is 2.33.